The number of nitrogens with zero attached hydrogens (tertiary/aromatic N) is 3. The van der Waals surface area contributed by atoms with Crippen LogP contribution < -0.4 is 5.43 Å². The van der Waals surface area contributed by atoms with Crippen molar-refractivity contribution >= 4 is 22.7 Å². The third-order valence-corrected chi connectivity index (χ3v) is 3.45. The number of aromatic nitrogens is 1. The van der Waals surface area contributed by atoms with E-state index in [0.29, 0.717) is 12.3 Å². The van der Waals surface area contributed by atoms with Gasteiger partial charge in [-0.25, -0.2) is 4.98 Å². The van der Waals surface area contributed by atoms with E-state index in [-0.39, 0.29) is 0 Å². The van der Waals surface area contributed by atoms with Gasteiger partial charge in [0.25, 0.3) is 0 Å². The summed E-state index contributed by atoms with van der Waals surface area (Å²) in [5.74, 6) is 0.305. The molecular formula is C14H18N4OS. The SMILES string of the molecule is Cc1csc(NN=Cc2ccc(O)c(CN(C)C)c2)n1. The summed E-state index contributed by atoms with van der Waals surface area (Å²) in [5, 5.41) is 16.7. The molecule has 0 radical (unpaired) electrons. The van der Waals surface area contributed by atoms with Crippen molar-refractivity contribution in [2.45, 2.75) is 13.5 Å². The van der Waals surface area contributed by atoms with Gasteiger partial charge >= 0.3 is 0 Å². The molecule has 0 aliphatic rings. The van der Waals surface area contributed by atoms with Crippen molar-refractivity contribution < 1.29 is 5.11 Å². The fourth-order valence-corrected chi connectivity index (χ4v) is 2.36. The van der Waals surface area contributed by atoms with Gasteiger partial charge in [0.05, 0.1) is 11.9 Å². The van der Waals surface area contributed by atoms with Crippen molar-refractivity contribution in [2.75, 3.05) is 19.5 Å². The number of aryl methyl sites for hydroxylation is 1. The molecule has 0 amide bonds. The van der Waals surface area contributed by atoms with Gasteiger partial charge in [-0.3, -0.25) is 5.43 Å². The summed E-state index contributed by atoms with van der Waals surface area (Å²) in [7, 11) is 3.93. The van der Waals surface area contributed by atoms with E-state index in [1.54, 1.807) is 12.3 Å². The van der Waals surface area contributed by atoms with Gasteiger partial charge in [0.2, 0.25) is 5.13 Å². The second kappa shape index (κ2) is 6.49. The van der Waals surface area contributed by atoms with Crippen LogP contribution >= 0.6 is 11.3 Å². The molecule has 106 valence electrons. The van der Waals surface area contributed by atoms with Gasteiger partial charge < -0.3 is 10.0 Å². The lowest BCUT2D eigenvalue weighted by Crippen LogP contribution is -2.11. The summed E-state index contributed by atoms with van der Waals surface area (Å²) in [5.41, 5.74) is 5.68. The molecule has 0 saturated carbocycles. The van der Waals surface area contributed by atoms with Crippen LogP contribution in [0.15, 0.2) is 28.7 Å². The first kappa shape index (κ1) is 14.5. The van der Waals surface area contributed by atoms with Crippen LogP contribution in [0.4, 0.5) is 5.13 Å². The van der Waals surface area contributed by atoms with E-state index in [1.165, 1.54) is 11.3 Å². The lowest BCUT2D eigenvalue weighted by molar-refractivity contribution is 0.386. The van der Waals surface area contributed by atoms with E-state index in [1.807, 2.05) is 43.4 Å². The number of phenols is 1. The van der Waals surface area contributed by atoms with E-state index >= 15 is 0 Å². The van der Waals surface area contributed by atoms with Gasteiger partial charge in [0, 0.05) is 17.5 Å². The summed E-state index contributed by atoms with van der Waals surface area (Å²) in [4.78, 5) is 6.27. The van der Waals surface area contributed by atoms with Crippen molar-refractivity contribution in [3.63, 3.8) is 0 Å². The molecule has 1 aromatic heterocycles. The fraction of sp³-hybridized carbons (Fsp3) is 0.286. The summed E-state index contributed by atoms with van der Waals surface area (Å²) in [6.07, 6.45) is 1.72. The highest BCUT2D eigenvalue weighted by atomic mass is 32.1. The van der Waals surface area contributed by atoms with E-state index in [9.17, 15) is 5.11 Å². The van der Waals surface area contributed by atoms with Crippen molar-refractivity contribution in [3.05, 3.63) is 40.4 Å². The van der Waals surface area contributed by atoms with Crippen LogP contribution in [-0.2, 0) is 6.54 Å². The number of rotatable bonds is 5. The maximum atomic E-state index is 9.79. The summed E-state index contributed by atoms with van der Waals surface area (Å²) in [6.45, 7) is 2.63. The van der Waals surface area contributed by atoms with E-state index in [0.717, 1.165) is 22.0 Å². The molecule has 20 heavy (non-hydrogen) atoms. The Morgan fingerprint density at radius 2 is 2.25 bits per heavy atom. The van der Waals surface area contributed by atoms with Crippen LogP contribution in [0.25, 0.3) is 0 Å². The van der Waals surface area contributed by atoms with Crippen molar-refractivity contribution in [1.82, 2.24) is 9.88 Å². The molecule has 2 aromatic rings. The number of phenolic OH excluding ortho intramolecular Hbond substituents is 1. The zero-order valence-corrected chi connectivity index (χ0v) is 12.6. The number of aromatic hydroxyl groups is 1. The molecule has 0 atom stereocenters. The van der Waals surface area contributed by atoms with Gasteiger partial charge in [0.1, 0.15) is 5.75 Å². The minimum atomic E-state index is 0.305. The predicted octanol–water partition coefficient (Wildman–Crippen LogP) is 2.66. The van der Waals surface area contributed by atoms with Gasteiger partial charge in [-0.05, 0) is 44.8 Å². The van der Waals surface area contributed by atoms with Crippen molar-refractivity contribution in [3.8, 4) is 5.75 Å². The Bertz CT molecular complexity index is 607. The maximum Gasteiger partial charge on any atom is 0.203 e. The Kier molecular flexibility index (Phi) is 4.70. The molecule has 1 aromatic carbocycles. The monoisotopic (exact) mass is 290 g/mol. The first-order valence-corrected chi connectivity index (χ1v) is 7.10. The van der Waals surface area contributed by atoms with E-state index < -0.39 is 0 Å². The van der Waals surface area contributed by atoms with Crippen LogP contribution in [0.5, 0.6) is 5.75 Å². The van der Waals surface area contributed by atoms with Gasteiger partial charge in [0.15, 0.2) is 0 Å². The molecule has 1 heterocycles. The molecule has 0 saturated heterocycles. The Labute approximate surface area is 122 Å². The zero-order chi connectivity index (χ0) is 14.5. The standard InChI is InChI=1S/C14H18N4OS/c1-10-9-20-14(16-10)17-15-7-11-4-5-13(19)12(6-11)8-18(2)3/h4-7,9,19H,8H2,1-3H3,(H,16,17). The summed E-state index contributed by atoms with van der Waals surface area (Å²) in [6, 6.07) is 5.44. The smallest absolute Gasteiger partial charge is 0.203 e. The number of hydrazone groups is 1. The number of hydrogen-bond acceptors (Lipinski definition) is 6. The quantitative estimate of drug-likeness (QED) is 0.656. The molecule has 2 N–H and O–H groups in total. The van der Waals surface area contributed by atoms with Crippen LogP contribution in [0.2, 0.25) is 0 Å². The number of anilines is 1. The number of nitrogens with one attached hydrogen (secondary N) is 1. The molecule has 6 heteroatoms. The fourth-order valence-electron chi connectivity index (χ4n) is 1.72. The lowest BCUT2D eigenvalue weighted by Gasteiger charge is -2.11. The highest BCUT2D eigenvalue weighted by Gasteiger charge is 2.03. The minimum absolute atomic E-state index is 0.305. The number of hydrogen-bond donors (Lipinski definition) is 2. The predicted molar refractivity (Wildman–Crippen MR) is 83.6 cm³/mol. The molecular weight excluding hydrogens is 272 g/mol. The molecule has 2 rings (SSSR count). The Morgan fingerprint density at radius 3 is 2.90 bits per heavy atom. The third-order valence-electron chi connectivity index (χ3n) is 2.58. The van der Waals surface area contributed by atoms with Crippen LogP contribution in [0.1, 0.15) is 16.8 Å². The number of thiazole rings is 1. The number of benzene rings is 1. The van der Waals surface area contributed by atoms with E-state index in [2.05, 4.69) is 15.5 Å². The first-order valence-electron chi connectivity index (χ1n) is 6.22. The summed E-state index contributed by atoms with van der Waals surface area (Å²) < 4.78 is 0. The van der Waals surface area contributed by atoms with Gasteiger partial charge in [-0.1, -0.05) is 0 Å². The van der Waals surface area contributed by atoms with Gasteiger partial charge in [-0.15, -0.1) is 11.3 Å². The zero-order valence-electron chi connectivity index (χ0n) is 11.8. The molecule has 0 bridgehead atoms. The van der Waals surface area contributed by atoms with E-state index in [4.69, 9.17) is 0 Å². The Morgan fingerprint density at radius 1 is 1.45 bits per heavy atom. The Hall–Kier alpha value is -1.92. The molecule has 0 spiro atoms. The van der Waals surface area contributed by atoms with Crippen molar-refractivity contribution in [2.24, 2.45) is 5.10 Å². The summed E-state index contributed by atoms with van der Waals surface area (Å²) >= 11 is 1.52. The average molecular weight is 290 g/mol. The van der Waals surface area contributed by atoms with Crippen molar-refractivity contribution in [1.29, 1.82) is 0 Å². The molecule has 5 nitrogen and oxygen atoms in total. The van der Waals surface area contributed by atoms with Crippen LogP contribution in [-0.4, -0.2) is 35.3 Å². The first-order chi connectivity index (χ1) is 9.54. The topological polar surface area (TPSA) is 60.8 Å². The largest absolute Gasteiger partial charge is 0.508 e. The normalized spacial score (nSPS) is 11.4. The second-order valence-electron chi connectivity index (χ2n) is 4.79. The highest BCUT2D eigenvalue weighted by Crippen LogP contribution is 2.19. The molecule has 0 aliphatic carbocycles. The molecule has 0 aliphatic heterocycles. The minimum Gasteiger partial charge on any atom is -0.508 e. The van der Waals surface area contributed by atoms with Crippen LogP contribution in [0, 0.1) is 6.92 Å². The molecule has 0 unspecified atom stereocenters. The van der Waals surface area contributed by atoms with Crippen LogP contribution in [0.3, 0.4) is 0 Å². The van der Waals surface area contributed by atoms with Gasteiger partial charge in [-0.2, -0.15) is 5.10 Å². The maximum absolute atomic E-state index is 9.79. The Balaban J connectivity index is 2.05. The second-order valence-corrected chi connectivity index (χ2v) is 5.65. The lowest BCUT2D eigenvalue weighted by atomic mass is 10.1. The highest BCUT2D eigenvalue weighted by molar-refractivity contribution is 7.13. The molecule has 0 fully saturated rings. The third kappa shape index (κ3) is 4.04. The average Bonchev–Trinajstić information content (AvgIpc) is 2.78.